The van der Waals surface area contributed by atoms with Crippen LogP contribution in [0.1, 0.15) is 31.0 Å². The van der Waals surface area contributed by atoms with E-state index in [1.165, 1.54) is 11.8 Å². The maximum atomic E-state index is 11.7. The highest BCUT2D eigenvalue weighted by Gasteiger charge is 2.19. The van der Waals surface area contributed by atoms with Gasteiger partial charge in [0.1, 0.15) is 0 Å². The maximum absolute atomic E-state index is 11.7. The normalized spacial score (nSPS) is 12.4. The lowest BCUT2D eigenvalue weighted by atomic mass is 9.97. The third-order valence-electron chi connectivity index (χ3n) is 2.80. The second kappa shape index (κ2) is 9.04. The van der Waals surface area contributed by atoms with Gasteiger partial charge in [-0.25, -0.2) is 4.98 Å². The molecule has 1 aromatic heterocycles. The number of amides is 1. The van der Waals surface area contributed by atoms with Crippen molar-refractivity contribution in [3.05, 3.63) is 16.1 Å². The van der Waals surface area contributed by atoms with E-state index in [0.29, 0.717) is 23.8 Å². The van der Waals surface area contributed by atoms with Crippen molar-refractivity contribution in [2.75, 3.05) is 12.3 Å². The van der Waals surface area contributed by atoms with E-state index in [1.807, 2.05) is 26.2 Å². The Morgan fingerprint density at radius 2 is 2.19 bits per heavy atom. The molecule has 1 aromatic rings. The molecule has 0 bridgehead atoms. The van der Waals surface area contributed by atoms with Gasteiger partial charge in [0, 0.05) is 17.7 Å². The molecule has 21 heavy (non-hydrogen) atoms. The van der Waals surface area contributed by atoms with Gasteiger partial charge < -0.3 is 10.4 Å². The minimum absolute atomic E-state index is 0.123. The van der Waals surface area contributed by atoms with Gasteiger partial charge in [-0.05, 0) is 19.3 Å². The lowest BCUT2D eigenvalue weighted by Crippen LogP contribution is -2.34. The first-order chi connectivity index (χ1) is 9.88. The Morgan fingerprint density at radius 1 is 1.48 bits per heavy atom. The van der Waals surface area contributed by atoms with E-state index in [1.54, 1.807) is 11.3 Å². The first-order valence-electron chi connectivity index (χ1n) is 6.86. The molecule has 0 saturated carbocycles. The van der Waals surface area contributed by atoms with Crippen LogP contribution in [-0.4, -0.2) is 34.3 Å². The third-order valence-corrected chi connectivity index (χ3v) is 4.59. The molecule has 1 heterocycles. The van der Waals surface area contributed by atoms with Crippen molar-refractivity contribution in [2.45, 2.75) is 32.9 Å². The molecule has 1 unspecified atom stereocenters. The van der Waals surface area contributed by atoms with Crippen molar-refractivity contribution in [1.29, 1.82) is 0 Å². The van der Waals surface area contributed by atoms with Gasteiger partial charge in [0.25, 0.3) is 0 Å². The van der Waals surface area contributed by atoms with E-state index < -0.39 is 11.9 Å². The monoisotopic (exact) mass is 330 g/mol. The first kappa shape index (κ1) is 18.0. The lowest BCUT2D eigenvalue weighted by Gasteiger charge is -2.15. The number of hydrogen-bond acceptors (Lipinski definition) is 5. The average Bonchev–Trinajstić information content (AvgIpc) is 2.79. The van der Waals surface area contributed by atoms with E-state index in [9.17, 15) is 9.59 Å². The lowest BCUT2D eigenvalue weighted by molar-refractivity contribution is -0.142. The highest BCUT2D eigenvalue weighted by Crippen LogP contribution is 2.15. The molecular weight excluding hydrogens is 308 g/mol. The number of rotatable bonds is 9. The second-order valence-electron chi connectivity index (χ2n) is 5.32. The Kier molecular flexibility index (Phi) is 7.74. The first-order valence-corrected chi connectivity index (χ1v) is 8.90. The molecule has 0 radical (unpaired) electrons. The predicted molar refractivity (Wildman–Crippen MR) is 86.6 cm³/mol. The number of thiazole rings is 1. The number of aryl methyl sites for hydroxylation is 1. The van der Waals surface area contributed by atoms with Crippen LogP contribution in [0.15, 0.2) is 5.38 Å². The summed E-state index contributed by atoms with van der Waals surface area (Å²) in [5, 5.41) is 14.8. The summed E-state index contributed by atoms with van der Waals surface area (Å²) < 4.78 is 0. The van der Waals surface area contributed by atoms with Gasteiger partial charge in [-0.15, -0.1) is 23.1 Å². The topological polar surface area (TPSA) is 79.3 Å². The molecule has 0 spiro atoms. The zero-order chi connectivity index (χ0) is 15.8. The van der Waals surface area contributed by atoms with Crippen LogP contribution in [-0.2, 0) is 15.3 Å². The Bertz CT molecular complexity index is 475. The molecule has 0 aliphatic heterocycles. The Labute approximate surface area is 133 Å². The molecule has 1 rings (SSSR count). The maximum Gasteiger partial charge on any atom is 0.308 e. The molecule has 1 atom stereocenters. The SMILES string of the molecule is Cc1nc(CSCC(=O)NCC(CC(C)C)C(=O)O)cs1. The Hall–Kier alpha value is -1.08. The van der Waals surface area contributed by atoms with Gasteiger partial charge in [-0.3, -0.25) is 9.59 Å². The second-order valence-corrected chi connectivity index (χ2v) is 7.37. The summed E-state index contributed by atoms with van der Waals surface area (Å²) in [6.45, 7) is 6.10. The number of aliphatic carboxylic acids is 1. The van der Waals surface area contributed by atoms with Crippen molar-refractivity contribution in [3.8, 4) is 0 Å². The number of carboxylic acids is 1. The van der Waals surface area contributed by atoms with Gasteiger partial charge in [0.2, 0.25) is 5.91 Å². The van der Waals surface area contributed by atoms with Gasteiger partial charge in [0.15, 0.2) is 0 Å². The minimum Gasteiger partial charge on any atom is -0.481 e. The molecule has 0 aliphatic carbocycles. The molecule has 118 valence electrons. The molecule has 0 fully saturated rings. The average molecular weight is 330 g/mol. The number of carbonyl (C=O) groups excluding carboxylic acids is 1. The van der Waals surface area contributed by atoms with Crippen LogP contribution in [0.25, 0.3) is 0 Å². The van der Waals surface area contributed by atoms with E-state index in [-0.39, 0.29) is 12.5 Å². The highest BCUT2D eigenvalue weighted by molar-refractivity contribution is 7.99. The Morgan fingerprint density at radius 3 is 2.71 bits per heavy atom. The fourth-order valence-electron chi connectivity index (χ4n) is 1.85. The molecule has 5 nitrogen and oxygen atoms in total. The van der Waals surface area contributed by atoms with Crippen LogP contribution in [0.4, 0.5) is 0 Å². The number of thioether (sulfide) groups is 1. The highest BCUT2D eigenvalue weighted by atomic mass is 32.2. The molecule has 7 heteroatoms. The zero-order valence-electron chi connectivity index (χ0n) is 12.6. The summed E-state index contributed by atoms with van der Waals surface area (Å²) in [5.41, 5.74) is 0.985. The molecule has 0 saturated heterocycles. The Balaban J connectivity index is 2.24. The molecule has 2 N–H and O–H groups in total. The van der Waals surface area contributed by atoms with Crippen molar-refractivity contribution in [3.63, 3.8) is 0 Å². The number of carbonyl (C=O) groups is 2. The quantitative estimate of drug-likeness (QED) is 0.727. The molecule has 1 amide bonds. The van der Waals surface area contributed by atoms with Crippen LogP contribution in [0.2, 0.25) is 0 Å². The zero-order valence-corrected chi connectivity index (χ0v) is 14.2. The fourth-order valence-corrected chi connectivity index (χ4v) is 3.32. The van der Waals surface area contributed by atoms with Crippen LogP contribution in [0, 0.1) is 18.8 Å². The van der Waals surface area contributed by atoms with Gasteiger partial charge in [-0.1, -0.05) is 13.8 Å². The van der Waals surface area contributed by atoms with Gasteiger partial charge in [0.05, 0.1) is 22.4 Å². The van der Waals surface area contributed by atoms with Gasteiger partial charge in [-0.2, -0.15) is 0 Å². The number of carboxylic acid groups (broad SMARTS) is 1. The van der Waals surface area contributed by atoms with Crippen LogP contribution >= 0.6 is 23.1 Å². The number of aromatic nitrogens is 1. The number of nitrogens with zero attached hydrogens (tertiary/aromatic N) is 1. The third kappa shape index (κ3) is 7.47. The number of hydrogen-bond donors (Lipinski definition) is 2. The van der Waals surface area contributed by atoms with E-state index >= 15 is 0 Å². The standard InChI is InChI=1S/C14H22N2O3S2/c1-9(2)4-11(14(18)19)5-15-13(17)8-20-6-12-7-21-10(3)16-12/h7,9,11H,4-6,8H2,1-3H3,(H,15,17)(H,18,19). The summed E-state index contributed by atoms with van der Waals surface area (Å²) in [6.07, 6.45) is 0.570. The van der Waals surface area contributed by atoms with Crippen LogP contribution < -0.4 is 5.32 Å². The van der Waals surface area contributed by atoms with E-state index in [4.69, 9.17) is 5.11 Å². The van der Waals surface area contributed by atoms with Crippen molar-refractivity contribution >= 4 is 35.0 Å². The van der Waals surface area contributed by atoms with Crippen LogP contribution in [0.3, 0.4) is 0 Å². The minimum atomic E-state index is -0.852. The van der Waals surface area contributed by atoms with E-state index in [0.717, 1.165) is 10.7 Å². The van der Waals surface area contributed by atoms with Crippen LogP contribution in [0.5, 0.6) is 0 Å². The largest absolute Gasteiger partial charge is 0.481 e. The van der Waals surface area contributed by atoms with Crippen molar-refractivity contribution < 1.29 is 14.7 Å². The summed E-state index contributed by atoms with van der Waals surface area (Å²) in [7, 11) is 0. The summed E-state index contributed by atoms with van der Waals surface area (Å²) >= 11 is 3.08. The summed E-state index contributed by atoms with van der Waals surface area (Å²) in [5.74, 6) is -0.168. The summed E-state index contributed by atoms with van der Waals surface area (Å²) in [4.78, 5) is 27.1. The van der Waals surface area contributed by atoms with Crippen molar-refractivity contribution in [1.82, 2.24) is 10.3 Å². The smallest absolute Gasteiger partial charge is 0.308 e. The van der Waals surface area contributed by atoms with E-state index in [2.05, 4.69) is 10.3 Å². The molecular formula is C14H22N2O3S2. The molecule has 0 aliphatic rings. The van der Waals surface area contributed by atoms with Gasteiger partial charge >= 0.3 is 5.97 Å². The predicted octanol–water partition coefficient (Wildman–Crippen LogP) is 2.55. The molecule has 0 aromatic carbocycles. The number of nitrogens with one attached hydrogen (secondary N) is 1. The fraction of sp³-hybridized carbons (Fsp3) is 0.643. The van der Waals surface area contributed by atoms with Crippen molar-refractivity contribution in [2.24, 2.45) is 11.8 Å². The summed E-state index contributed by atoms with van der Waals surface area (Å²) in [6, 6.07) is 0.